The first-order valence-corrected chi connectivity index (χ1v) is 7.82. The average molecular weight is 321 g/mol. The Morgan fingerprint density at radius 1 is 1.12 bits per heavy atom. The third kappa shape index (κ3) is 3.35. The van der Waals surface area contributed by atoms with Gasteiger partial charge in [-0.05, 0) is 18.6 Å². The Morgan fingerprint density at radius 2 is 1.88 bits per heavy atom. The van der Waals surface area contributed by atoms with Crippen molar-refractivity contribution in [3.63, 3.8) is 0 Å². The normalized spacial score (nSPS) is 10.8. The molecule has 0 radical (unpaired) electrons. The molecule has 122 valence electrons. The van der Waals surface area contributed by atoms with Crippen molar-refractivity contribution in [3.05, 3.63) is 75.7 Å². The van der Waals surface area contributed by atoms with Crippen LogP contribution in [-0.2, 0) is 24.8 Å². The standard InChI is InChI=1S/C19H19N3O2/c1-13-6-5-7-14(10-13)11-18(23)20-12-17-15-8-3-4-9-16(15)19(24)22(2)21-17/h3-10H,11-12H2,1-2H3,(H,20,23). The number of amides is 1. The fraction of sp³-hybridized carbons (Fsp3) is 0.211. The Bertz CT molecular complexity index is 960. The smallest absolute Gasteiger partial charge is 0.274 e. The summed E-state index contributed by atoms with van der Waals surface area (Å²) < 4.78 is 1.31. The minimum absolute atomic E-state index is 0.0691. The van der Waals surface area contributed by atoms with Crippen LogP contribution in [0.1, 0.15) is 16.8 Å². The molecule has 0 saturated heterocycles. The average Bonchev–Trinajstić information content (AvgIpc) is 2.57. The molecule has 0 atom stereocenters. The molecular weight excluding hydrogens is 302 g/mol. The van der Waals surface area contributed by atoms with Crippen LogP contribution in [0.3, 0.4) is 0 Å². The van der Waals surface area contributed by atoms with Gasteiger partial charge in [0.25, 0.3) is 5.56 Å². The van der Waals surface area contributed by atoms with Gasteiger partial charge in [0.2, 0.25) is 5.91 Å². The van der Waals surface area contributed by atoms with E-state index in [0.717, 1.165) is 16.5 Å². The van der Waals surface area contributed by atoms with Crippen LogP contribution in [0, 0.1) is 6.92 Å². The summed E-state index contributed by atoms with van der Waals surface area (Å²) in [4.78, 5) is 24.3. The van der Waals surface area contributed by atoms with Crippen molar-refractivity contribution in [1.29, 1.82) is 0 Å². The van der Waals surface area contributed by atoms with Crippen LogP contribution in [-0.4, -0.2) is 15.7 Å². The number of hydrogen-bond donors (Lipinski definition) is 1. The summed E-state index contributed by atoms with van der Waals surface area (Å²) in [6.45, 7) is 2.29. The fourth-order valence-corrected chi connectivity index (χ4v) is 2.76. The molecule has 1 N–H and O–H groups in total. The highest BCUT2D eigenvalue weighted by molar-refractivity contribution is 5.84. The molecule has 1 heterocycles. The van der Waals surface area contributed by atoms with Gasteiger partial charge < -0.3 is 5.32 Å². The Kier molecular flexibility index (Phi) is 4.42. The fourth-order valence-electron chi connectivity index (χ4n) is 2.76. The predicted molar refractivity (Wildman–Crippen MR) is 93.7 cm³/mol. The second-order valence-electron chi connectivity index (χ2n) is 5.86. The van der Waals surface area contributed by atoms with Crippen LogP contribution in [0.5, 0.6) is 0 Å². The summed E-state index contributed by atoms with van der Waals surface area (Å²) in [5.41, 5.74) is 2.66. The zero-order valence-corrected chi connectivity index (χ0v) is 13.7. The van der Waals surface area contributed by atoms with E-state index in [9.17, 15) is 9.59 Å². The summed E-state index contributed by atoms with van der Waals surface area (Å²) in [5, 5.41) is 8.56. The van der Waals surface area contributed by atoms with Crippen molar-refractivity contribution in [2.75, 3.05) is 0 Å². The summed E-state index contributed by atoms with van der Waals surface area (Å²) in [5.74, 6) is -0.0691. The maximum atomic E-state index is 12.2. The molecule has 5 nitrogen and oxygen atoms in total. The number of rotatable bonds is 4. The molecule has 1 aromatic heterocycles. The number of nitrogens with zero attached hydrogens (tertiary/aromatic N) is 2. The molecule has 24 heavy (non-hydrogen) atoms. The Morgan fingerprint density at radius 3 is 2.62 bits per heavy atom. The summed E-state index contributed by atoms with van der Waals surface area (Å²) >= 11 is 0. The first-order valence-electron chi connectivity index (χ1n) is 7.82. The van der Waals surface area contributed by atoms with E-state index < -0.39 is 0 Å². The van der Waals surface area contributed by atoms with E-state index in [-0.39, 0.29) is 11.5 Å². The molecule has 0 aliphatic carbocycles. The molecule has 3 rings (SSSR count). The van der Waals surface area contributed by atoms with Crippen molar-refractivity contribution in [2.24, 2.45) is 7.05 Å². The van der Waals surface area contributed by atoms with E-state index in [1.54, 1.807) is 13.1 Å². The number of carbonyl (C=O) groups excluding carboxylic acids is 1. The number of aromatic nitrogens is 2. The van der Waals surface area contributed by atoms with Crippen molar-refractivity contribution in [3.8, 4) is 0 Å². The summed E-state index contributed by atoms with van der Waals surface area (Å²) in [6, 6.07) is 15.2. The lowest BCUT2D eigenvalue weighted by Gasteiger charge is -2.09. The molecule has 0 aliphatic heterocycles. The molecule has 2 aromatic carbocycles. The SMILES string of the molecule is Cc1cccc(CC(=O)NCc2nn(C)c(=O)c3ccccc23)c1. The van der Waals surface area contributed by atoms with Crippen LogP contribution < -0.4 is 10.9 Å². The maximum Gasteiger partial charge on any atom is 0.274 e. The highest BCUT2D eigenvalue weighted by Crippen LogP contribution is 2.13. The van der Waals surface area contributed by atoms with Crippen molar-refractivity contribution in [2.45, 2.75) is 19.9 Å². The van der Waals surface area contributed by atoms with Gasteiger partial charge in [0, 0.05) is 12.4 Å². The Labute approximate surface area is 139 Å². The second kappa shape index (κ2) is 6.66. The van der Waals surface area contributed by atoms with Gasteiger partial charge in [-0.25, -0.2) is 4.68 Å². The molecule has 0 spiro atoms. The number of hydrogen-bond acceptors (Lipinski definition) is 3. The lowest BCUT2D eigenvalue weighted by Crippen LogP contribution is -2.28. The molecule has 0 fully saturated rings. The van der Waals surface area contributed by atoms with Crippen molar-refractivity contribution in [1.82, 2.24) is 15.1 Å². The van der Waals surface area contributed by atoms with Gasteiger partial charge in [-0.2, -0.15) is 5.10 Å². The zero-order chi connectivity index (χ0) is 17.1. The van der Waals surface area contributed by atoms with Gasteiger partial charge in [0.1, 0.15) is 0 Å². The topological polar surface area (TPSA) is 64.0 Å². The third-order valence-electron chi connectivity index (χ3n) is 3.93. The van der Waals surface area contributed by atoms with Gasteiger partial charge in [0.15, 0.2) is 0 Å². The third-order valence-corrected chi connectivity index (χ3v) is 3.93. The minimum Gasteiger partial charge on any atom is -0.350 e. The van der Waals surface area contributed by atoms with E-state index >= 15 is 0 Å². The first-order chi connectivity index (χ1) is 11.5. The van der Waals surface area contributed by atoms with Crippen LogP contribution >= 0.6 is 0 Å². The zero-order valence-electron chi connectivity index (χ0n) is 13.7. The molecule has 0 bridgehead atoms. The van der Waals surface area contributed by atoms with Gasteiger partial charge in [0.05, 0.1) is 24.0 Å². The number of aryl methyl sites for hydroxylation is 2. The molecule has 5 heteroatoms. The maximum absolute atomic E-state index is 12.2. The van der Waals surface area contributed by atoms with Crippen molar-refractivity contribution >= 4 is 16.7 Å². The van der Waals surface area contributed by atoms with E-state index in [4.69, 9.17) is 0 Å². The number of benzene rings is 2. The monoisotopic (exact) mass is 321 g/mol. The molecule has 0 aliphatic rings. The van der Waals surface area contributed by atoms with Crippen LogP contribution in [0.15, 0.2) is 53.3 Å². The van der Waals surface area contributed by atoms with Crippen LogP contribution in [0.25, 0.3) is 10.8 Å². The highest BCUT2D eigenvalue weighted by Gasteiger charge is 2.10. The lowest BCUT2D eigenvalue weighted by atomic mass is 10.1. The van der Waals surface area contributed by atoms with E-state index in [1.165, 1.54) is 4.68 Å². The molecule has 3 aromatic rings. The van der Waals surface area contributed by atoms with Gasteiger partial charge in [-0.3, -0.25) is 9.59 Å². The summed E-state index contributed by atoms with van der Waals surface area (Å²) in [6.07, 6.45) is 0.325. The van der Waals surface area contributed by atoms with Gasteiger partial charge in [-0.1, -0.05) is 48.0 Å². The summed E-state index contributed by atoms with van der Waals surface area (Å²) in [7, 11) is 1.62. The second-order valence-corrected chi connectivity index (χ2v) is 5.86. The number of nitrogens with one attached hydrogen (secondary N) is 1. The number of carbonyl (C=O) groups is 1. The Balaban J connectivity index is 1.77. The molecule has 0 saturated carbocycles. The van der Waals surface area contributed by atoms with E-state index in [2.05, 4.69) is 10.4 Å². The largest absolute Gasteiger partial charge is 0.350 e. The Hall–Kier alpha value is -2.95. The quantitative estimate of drug-likeness (QED) is 0.800. The molecule has 0 unspecified atom stereocenters. The van der Waals surface area contributed by atoms with Gasteiger partial charge >= 0.3 is 0 Å². The number of fused-ring (bicyclic) bond motifs is 1. The van der Waals surface area contributed by atoms with E-state index in [1.807, 2.05) is 49.4 Å². The first kappa shape index (κ1) is 15.9. The van der Waals surface area contributed by atoms with Gasteiger partial charge in [-0.15, -0.1) is 0 Å². The van der Waals surface area contributed by atoms with E-state index in [0.29, 0.717) is 24.0 Å². The molecular formula is C19H19N3O2. The highest BCUT2D eigenvalue weighted by atomic mass is 16.1. The van der Waals surface area contributed by atoms with Crippen molar-refractivity contribution < 1.29 is 4.79 Å². The lowest BCUT2D eigenvalue weighted by molar-refractivity contribution is -0.120. The van der Waals surface area contributed by atoms with Crippen LogP contribution in [0.2, 0.25) is 0 Å². The van der Waals surface area contributed by atoms with Crippen LogP contribution in [0.4, 0.5) is 0 Å². The predicted octanol–water partition coefficient (Wildman–Crippen LogP) is 2.10. The molecule has 1 amide bonds. The minimum atomic E-state index is -0.138.